The van der Waals surface area contributed by atoms with Crippen molar-refractivity contribution in [1.29, 1.82) is 0 Å². The molecular weight excluding hydrogens is 480 g/mol. The molecule has 0 atom stereocenters. The first kappa shape index (κ1) is 24.0. The lowest BCUT2D eigenvalue weighted by Gasteiger charge is -2.16. The smallest absolute Gasteiger partial charge is 0.354 e. The number of carbonyl (C=O) groups is 1. The van der Waals surface area contributed by atoms with E-state index < -0.39 is 41.5 Å². The van der Waals surface area contributed by atoms with Gasteiger partial charge in [0.15, 0.2) is 11.5 Å². The Morgan fingerprint density at radius 1 is 1.06 bits per heavy atom. The third-order valence-corrected chi connectivity index (χ3v) is 5.03. The van der Waals surface area contributed by atoms with Crippen LogP contribution in [0.2, 0.25) is 0 Å². The molecule has 1 amide bonds. The topological polar surface area (TPSA) is 77.1 Å². The van der Waals surface area contributed by atoms with Gasteiger partial charge in [-0.3, -0.25) is 14.5 Å². The summed E-state index contributed by atoms with van der Waals surface area (Å²) in [5.41, 5.74) is -2.59. The van der Waals surface area contributed by atoms with E-state index in [-0.39, 0.29) is 23.2 Å². The van der Waals surface area contributed by atoms with E-state index in [1.165, 1.54) is 25.5 Å². The molecule has 0 saturated heterocycles. The minimum Gasteiger partial charge on any atom is -0.354 e. The average molecular weight is 495 g/mol. The summed E-state index contributed by atoms with van der Waals surface area (Å²) < 4.78 is 85.1. The molecule has 13 heteroatoms. The van der Waals surface area contributed by atoms with Crippen molar-refractivity contribution in [2.75, 3.05) is 11.9 Å². The van der Waals surface area contributed by atoms with E-state index in [1.807, 2.05) is 0 Å². The van der Waals surface area contributed by atoms with Gasteiger partial charge in [0, 0.05) is 25.5 Å². The first-order valence-corrected chi connectivity index (χ1v) is 9.89. The summed E-state index contributed by atoms with van der Waals surface area (Å²) in [6.07, 6.45) is -5.86. The molecule has 0 unspecified atom stereocenters. The second-order valence-electron chi connectivity index (χ2n) is 7.42. The van der Waals surface area contributed by atoms with Crippen LogP contribution in [-0.2, 0) is 18.9 Å². The van der Waals surface area contributed by atoms with Gasteiger partial charge >= 0.3 is 12.4 Å². The molecule has 1 aromatic carbocycles. The van der Waals surface area contributed by atoms with Crippen molar-refractivity contribution >= 4 is 11.6 Å². The maximum absolute atomic E-state index is 13.4. The van der Waals surface area contributed by atoms with Gasteiger partial charge < -0.3 is 9.42 Å². The highest BCUT2D eigenvalue weighted by Crippen LogP contribution is 2.37. The van der Waals surface area contributed by atoms with Gasteiger partial charge in [0.05, 0.1) is 29.6 Å². The van der Waals surface area contributed by atoms with Crippen LogP contribution in [0.5, 0.6) is 0 Å². The molecule has 0 radical (unpaired) electrons. The Kier molecular flexibility index (Phi) is 6.09. The molecule has 3 heterocycles. The van der Waals surface area contributed by atoms with Crippen LogP contribution in [0.3, 0.4) is 0 Å². The highest BCUT2D eigenvalue weighted by Gasteiger charge is 2.38. The lowest BCUT2D eigenvalue weighted by molar-refractivity contribution is -0.143. The number of pyridine rings is 1. The van der Waals surface area contributed by atoms with E-state index in [4.69, 9.17) is 4.52 Å². The number of benzene rings is 1. The highest BCUT2D eigenvalue weighted by molar-refractivity contribution is 6.04. The minimum absolute atomic E-state index is 0.0389. The van der Waals surface area contributed by atoms with Gasteiger partial charge in [0.25, 0.3) is 5.91 Å². The third-order valence-electron chi connectivity index (χ3n) is 5.03. The van der Waals surface area contributed by atoms with Gasteiger partial charge in [0.1, 0.15) is 5.69 Å². The summed E-state index contributed by atoms with van der Waals surface area (Å²) in [5.74, 6) is -0.318. The fourth-order valence-electron chi connectivity index (χ4n) is 3.24. The van der Waals surface area contributed by atoms with Crippen LogP contribution in [0, 0.1) is 0 Å². The van der Waals surface area contributed by atoms with Crippen LogP contribution in [-0.4, -0.2) is 32.9 Å². The molecular formula is C22H15F6N5O2. The van der Waals surface area contributed by atoms with E-state index >= 15 is 0 Å². The fraction of sp³-hybridized carbons (Fsp3) is 0.182. The SMILES string of the molecule is CN(C(=O)c1cc(-c2ccccn2)on1)c1cnn(Cc2ccc(C(F)(F)F)cc2C(F)(F)F)c1. The lowest BCUT2D eigenvalue weighted by atomic mass is 10.0. The second kappa shape index (κ2) is 8.89. The molecule has 0 fully saturated rings. The van der Waals surface area contributed by atoms with Crippen molar-refractivity contribution in [3.05, 3.63) is 83.4 Å². The number of rotatable bonds is 5. The Hall–Kier alpha value is -4.16. The lowest BCUT2D eigenvalue weighted by Crippen LogP contribution is -2.26. The van der Waals surface area contributed by atoms with Gasteiger partial charge in [-0.2, -0.15) is 31.4 Å². The summed E-state index contributed by atoms with van der Waals surface area (Å²) in [6.45, 7) is -0.469. The van der Waals surface area contributed by atoms with Crippen LogP contribution in [0.1, 0.15) is 27.2 Å². The molecule has 35 heavy (non-hydrogen) atoms. The molecule has 182 valence electrons. The zero-order chi connectivity index (χ0) is 25.4. The molecule has 7 nitrogen and oxygen atoms in total. The first-order chi connectivity index (χ1) is 16.4. The number of hydrogen-bond acceptors (Lipinski definition) is 5. The van der Waals surface area contributed by atoms with Crippen LogP contribution in [0.4, 0.5) is 32.0 Å². The number of hydrogen-bond donors (Lipinski definition) is 0. The number of anilines is 1. The van der Waals surface area contributed by atoms with Crippen molar-refractivity contribution in [1.82, 2.24) is 19.9 Å². The van der Waals surface area contributed by atoms with E-state index in [0.717, 1.165) is 15.6 Å². The molecule has 0 N–H and O–H groups in total. The summed E-state index contributed by atoms with van der Waals surface area (Å²) in [5, 5.41) is 7.67. The maximum Gasteiger partial charge on any atom is 0.416 e. The summed E-state index contributed by atoms with van der Waals surface area (Å²) in [4.78, 5) is 18.0. The number of carbonyl (C=O) groups excluding carboxylic acids is 1. The molecule has 0 aliphatic heterocycles. The summed E-state index contributed by atoms with van der Waals surface area (Å²) >= 11 is 0. The van der Waals surface area contributed by atoms with Crippen molar-refractivity contribution in [2.45, 2.75) is 18.9 Å². The van der Waals surface area contributed by atoms with Gasteiger partial charge in [-0.05, 0) is 29.8 Å². The molecule has 0 bridgehead atoms. The van der Waals surface area contributed by atoms with Crippen LogP contribution in [0.15, 0.2) is 65.6 Å². The Labute approximate surface area is 193 Å². The quantitative estimate of drug-likeness (QED) is 0.352. The van der Waals surface area contributed by atoms with E-state index in [0.29, 0.717) is 11.8 Å². The number of halogens is 6. The van der Waals surface area contributed by atoms with Crippen LogP contribution < -0.4 is 4.90 Å². The molecule has 4 rings (SSSR count). The van der Waals surface area contributed by atoms with Crippen molar-refractivity contribution in [3.63, 3.8) is 0 Å². The van der Waals surface area contributed by atoms with Crippen molar-refractivity contribution < 1.29 is 35.7 Å². The molecule has 0 aliphatic carbocycles. The number of amides is 1. The van der Waals surface area contributed by atoms with Gasteiger partial charge in [0.2, 0.25) is 0 Å². The second-order valence-corrected chi connectivity index (χ2v) is 7.42. The van der Waals surface area contributed by atoms with Crippen molar-refractivity contribution in [2.24, 2.45) is 0 Å². The Morgan fingerprint density at radius 3 is 2.49 bits per heavy atom. The largest absolute Gasteiger partial charge is 0.416 e. The zero-order valence-corrected chi connectivity index (χ0v) is 17.8. The summed E-state index contributed by atoms with van der Waals surface area (Å²) in [6, 6.07) is 7.90. The predicted molar refractivity (Wildman–Crippen MR) is 110 cm³/mol. The van der Waals surface area contributed by atoms with E-state index in [2.05, 4.69) is 15.2 Å². The predicted octanol–water partition coefficient (Wildman–Crippen LogP) is 5.30. The summed E-state index contributed by atoms with van der Waals surface area (Å²) in [7, 11) is 1.40. The monoisotopic (exact) mass is 495 g/mol. The van der Waals surface area contributed by atoms with E-state index in [1.54, 1.807) is 24.4 Å². The minimum atomic E-state index is -5.00. The highest BCUT2D eigenvalue weighted by atomic mass is 19.4. The van der Waals surface area contributed by atoms with Gasteiger partial charge in [-0.1, -0.05) is 17.3 Å². The first-order valence-electron chi connectivity index (χ1n) is 9.89. The van der Waals surface area contributed by atoms with Crippen molar-refractivity contribution in [3.8, 4) is 11.5 Å². The van der Waals surface area contributed by atoms with E-state index in [9.17, 15) is 31.1 Å². The molecule has 3 aromatic heterocycles. The Balaban J connectivity index is 1.54. The molecule has 0 saturated carbocycles. The van der Waals surface area contributed by atoms with Crippen LogP contribution in [0.25, 0.3) is 11.5 Å². The zero-order valence-electron chi connectivity index (χ0n) is 17.8. The molecule has 0 spiro atoms. The Morgan fingerprint density at radius 2 is 1.83 bits per heavy atom. The van der Waals surface area contributed by atoms with Gasteiger partial charge in [-0.15, -0.1) is 0 Å². The Bertz CT molecular complexity index is 1340. The molecule has 0 aliphatic rings. The maximum atomic E-state index is 13.4. The average Bonchev–Trinajstić information content (AvgIpc) is 3.48. The molecule has 4 aromatic rings. The number of alkyl halides is 6. The number of aromatic nitrogens is 4. The third kappa shape index (κ3) is 5.18. The normalized spacial score (nSPS) is 12.1. The fourth-order valence-corrected chi connectivity index (χ4v) is 3.24. The standard InChI is InChI=1S/C22H15F6N5O2/c1-32(20(34)18-9-19(35-31-18)17-4-2-3-7-29-17)15-10-30-33(12-15)11-13-5-6-14(21(23,24)25)8-16(13)22(26,27)28/h2-10,12H,11H2,1H3. The van der Waals surface area contributed by atoms with Gasteiger partial charge in [-0.25, -0.2) is 0 Å². The number of nitrogens with zero attached hydrogens (tertiary/aromatic N) is 5. The van der Waals surface area contributed by atoms with Crippen LogP contribution >= 0.6 is 0 Å².